The van der Waals surface area contributed by atoms with Crippen molar-refractivity contribution in [2.24, 2.45) is 5.73 Å². The summed E-state index contributed by atoms with van der Waals surface area (Å²) in [6.07, 6.45) is -2.97. The smallest absolute Gasteiger partial charge is 0.305 e. The SMILES string of the molecule is COc1ccc(C(F)F)cc1C(N)CC(=O)O. The standard InChI is InChI=1S/C11H13F2NO3/c1-17-9-3-2-6(11(12)13)4-7(9)8(14)5-10(15)16/h2-4,8,11H,5,14H2,1H3,(H,15,16). The topological polar surface area (TPSA) is 72.5 Å². The number of alkyl halides is 2. The van der Waals surface area contributed by atoms with Gasteiger partial charge in [0.25, 0.3) is 6.43 Å². The molecule has 0 aliphatic rings. The molecule has 0 amide bonds. The molecule has 1 aromatic carbocycles. The van der Waals surface area contributed by atoms with Gasteiger partial charge in [0.2, 0.25) is 0 Å². The molecule has 1 atom stereocenters. The highest BCUT2D eigenvalue weighted by Gasteiger charge is 2.18. The second-order valence-electron chi connectivity index (χ2n) is 3.51. The number of carboxylic acids is 1. The lowest BCUT2D eigenvalue weighted by atomic mass is 10.0. The molecule has 0 saturated carbocycles. The van der Waals surface area contributed by atoms with E-state index in [9.17, 15) is 13.6 Å². The van der Waals surface area contributed by atoms with Crippen molar-refractivity contribution in [1.82, 2.24) is 0 Å². The van der Waals surface area contributed by atoms with Crippen molar-refractivity contribution in [3.8, 4) is 5.75 Å². The maximum absolute atomic E-state index is 12.5. The van der Waals surface area contributed by atoms with E-state index in [0.717, 1.165) is 0 Å². The van der Waals surface area contributed by atoms with Crippen LogP contribution in [0.1, 0.15) is 30.0 Å². The summed E-state index contributed by atoms with van der Waals surface area (Å²) in [4.78, 5) is 10.5. The van der Waals surface area contributed by atoms with Gasteiger partial charge in [-0.3, -0.25) is 4.79 Å². The van der Waals surface area contributed by atoms with Crippen LogP contribution in [-0.2, 0) is 4.79 Å². The molecule has 0 aliphatic carbocycles. The molecule has 0 saturated heterocycles. The molecule has 94 valence electrons. The molecule has 3 N–H and O–H groups in total. The number of hydrogen-bond donors (Lipinski definition) is 2. The highest BCUT2D eigenvalue weighted by Crippen LogP contribution is 2.30. The van der Waals surface area contributed by atoms with Gasteiger partial charge in [0.15, 0.2) is 0 Å². The summed E-state index contributed by atoms with van der Waals surface area (Å²) in [6, 6.07) is 2.89. The van der Waals surface area contributed by atoms with Gasteiger partial charge < -0.3 is 15.6 Å². The zero-order chi connectivity index (χ0) is 13.0. The van der Waals surface area contributed by atoms with Crippen LogP contribution in [0.2, 0.25) is 0 Å². The summed E-state index contributed by atoms with van der Waals surface area (Å²) in [5.41, 5.74) is 5.70. The fraction of sp³-hybridized carbons (Fsp3) is 0.364. The molecule has 1 unspecified atom stereocenters. The van der Waals surface area contributed by atoms with Crippen LogP contribution in [0.4, 0.5) is 8.78 Å². The van der Waals surface area contributed by atoms with E-state index in [1.807, 2.05) is 0 Å². The van der Waals surface area contributed by atoms with Crippen molar-refractivity contribution < 1.29 is 23.4 Å². The van der Waals surface area contributed by atoms with E-state index in [4.69, 9.17) is 15.6 Å². The maximum atomic E-state index is 12.5. The molecule has 1 aromatic rings. The molecule has 0 heterocycles. The first-order valence-electron chi connectivity index (χ1n) is 4.89. The first kappa shape index (κ1) is 13.4. The average Bonchev–Trinajstić information content (AvgIpc) is 2.27. The van der Waals surface area contributed by atoms with Gasteiger partial charge in [-0.1, -0.05) is 0 Å². The Balaban J connectivity index is 3.09. The first-order valence-corrected chi connectivity index (χ1v) is 4.89. The summed E-state index contributed by atoms with van der Waals surface area (Å²) in [7, 11) is 1.37. The molecule has 4 nitrogen and oxygen atoms in total. The van der Waals surface area contributed by atoms with Crippen LogP contribution in [0.15, 0.2) is 18.2 Å². The van der Waals surface area contributed by atoms with Gasteiger partial charge >= 0.3 is 5.97 Å². The number of methoxy groups -OCH3 is 1. The van der Waals surface area contributed by atoms with Crippen molar-refractivity contribution in [1.29, 1.82) is 0 Å². The largest absolute Gasteiger partial charge is 0.496 e. The number of ether oxygens (including phenoxy) is 1. The quantitative estimate of drug-likeness (QED) is 0.833. The predicted octanol–water partition coefficient (Wildman–Crippen LogP) is 2.11. The van der Waals surface area contributed by atoms with E-state index >= 15 is 0 Å². The molecule has 0 radical (unpaired) electrons. The fourth-order valence-electron chi connectivity index (χ4n) is 1.48. The van der Waals surface area contributed by atoms with E-state index in [-0.39, 0.29) is 17.5 Å². The zero-order valence-corrected chi connectivity index (χ0v) is 9.19. The van der Waals surface area contributed by atoms with Crippen LogP contribution in [0.3, 0.4) is 0 Å². The lowest BCUT2D eigenvalue weighted by molar-refractivity contribution is -0.137. The minimum atomic E-state index is -2.63. The molecular weight excluding hydrogens is 232 g/mol. The lowest BCUT2D eigenvalue weighted by Gasteiger charge is -2.15. The second-order valence-corrected chi connectivity index (χ2v) is 3.51. The Labute approximate surface area is 97.0 Å². The summed E-state index contributed by atoms with van der Waals surface area (Å²) in [5.74, 6) is -0.787. The fourth-order valence-corrected chi connectivity index (χ4v) is 1.48. The third kappa shape index (κ3) is 3.39. The van der Waals surface area contributed by atoms with E-state index in [1.54, 1.807) is 0 Å². The Hall–Kier alpha value is -1.69. The van der Waals surface area contributed by atoms with Crippen LogP contribution < -0.4 is 10.5 Å². The van der Waals surface area contributed by atoms with Crippen LogP contribution in [0.25, 0.3) is 0 Å². The third-order valence-corrected chi connectivity index (χ3v) is 2.30. The maximum Gasteiger partial charge on any atom is 0.305 e. The van der Waals surface area contributed by atoms with Gasteiger partial charge in [0.1, 0.15) is 5.75 Å². The molecule has 1 rings (SSSR count). The predicted molar refractivity (Wildman–Crippen MR) is 57.1 cm³/mol. The molecule has 6 heteroatoms. The third-order valence-electron chi connectivity index (χ3n) is 2.30. The van der Waals surface area contributed by atoms with Gasteiger partial charge in [-0.2, -0.15) is 0 Å². The van der Waals surface area contributed by atoms with E-state index in [2.05, 4.69) is 0 Å². The number of carboxylic acid groups (broad SMARTS) is 1. The molecular formula is C11H13F2NO3. The van der Waals surface area contributed by atoms with Crippen LogP contribution in [0.5, 0.6) is 5.75 Å². The molecule has 0 fully saturated rings. The molecule has 0 aliphatic heterocycles. The normalized spacial score (nSPS) is 12.5. The van der Waals surface area contributed by atoms with Gasteiger partial charge in [-0.25, -0.2) is 8.78 Å². The van der Waals surface area contributed by atoms with Gasteiger partial charge in [0, 0.05) is 17.2 Å². The number of benzene rings is 1. The Kier molecular flexibility index (Phi) is 4.39. The minimum Gasteiger partial charge on any atom is -0.496 e. The van der Waals surface area contributed by atoms with Crippen molar-refractivity contribution in [3.05, 3.63) is 29.3 Å². The van der Waals surface area contributed by atoms with Crippen LogP contribution in [-0.4, -0.2) is 18.2 Å². The van der Waals surface area contributed by atoms with Crippen molar-refractivity contribution in [2.45, 2.75) is 18.9 Å². The van der Waals surface area contributed by atoms with Crippen molar-refractivity contribution in [3.63, 3.8) is 0 Å². The summed E-state index contributed by atoms with van der Waals surface area (Å²) >= 11 is 0. The highest BCUT2D eigenvalue weighted by molar-refractivity contribution is 5.68. The number of hydrogen-bond acceptors (Lipinski definition) is 3. The Bertz CT molecular complexity index is 410. The lowest BCUT2D eigenvalue weighted by Crippen LogP contribution is -2.16. The minimum absolute atomic E-state index is 0.207. The number of aliphatic carboxylic acids is 1. The van der Waals surface area contributed by atoms with E-state index < -0.39 is 18.4 Å². The number of rotatable bonds is 5. The van der Waals surface area contributed by atoms with Crippen molar-refractivity contribution >= 4 is 5.97 Å². The van der Waals surface area contributed by atoms with Gasteiger partial charge in [0.05, 0.1) is 13.5 Å². The monoisotopic (exact) mass is 245 g/mol. The summed E-state index contributed by atoms with van der Waals surface area (Å²) < 4.78 is 30.0. The second kappa shape index (κ2) is 5.58. The first-order chi connectivity index (χ1) is 7.95. The van der Waals surface area contributed by atoms with Crippen LogP contribution >= 0.6 is 0 Å². The van der Waals surface area contributed by atoms with Gasteiger partial charge in [-0.15, -0.1) is 0 Å². The summed E-state index contributed by atoms with van der Waals surface area (Å²) in [5, 5.41) is 8.62. The van der Waals surface area contributed by atoms with Crippen molar-refractivity contribution in [2.75, 3.05) is 7.11 Å². The molecule has 17 heavy (non-hydrogen) atoms. The van der Waals surface area contributed by atoms with Crippen LogP contribution in [0, 0.1) is 0 Å². The highest BCUT2D eigenvalue weighted by atomic mass is 19.3. The number of nitrogens with two attached hydrogens (primary N) is 1. The number of halogens is 2. The average molecular weight is 245 g/mol. The van der Waals surface area contributed by atoms with E-state index in [1.165, 1.54) is 25.3 Å². The zero-order valence-electron chi connectivity index (χ0n) is 9.19. The summed E-state index contributed by atoms with van der Waals surface area (Å²) in [6.45, 7) is 0. The molecule has 0 aromatic heterocycles. The Morgan fingerprint density at radius 1 is 1.53 bits per heavy atom. The Morgan fingerprint density at radius 2 is 2.18 bits per heavy atom. The molecule has 0 bridgehead atoms. The molecule has 0 spiro atoms. The number of carbonyl (C=O) groups is 1. The Morgan fingerprint density at radius 3 is 2.65 bits per heavy atom. The van der Waals surface area contributed by atoms with Gasteiger partial charge in [-0.05, 0) is 18.2 Å². The van der Waals surface area contributed by atoms with E-state index in [0.29, 0.717) is 5.75 Å².